The molecular formula is C19H28N2O2. The van der Waals surface area contributed by atoms with E-state index in [4.69, 9.17) is 0 Å². The van der Waals surface area contributed by atoms with Gasteiger partial charge in [-0.15, -0.1) is 0 Å². The van der Waals surface area contributed by atoms with Crippen LogP contribution >= 0.6 is 0 Å². The Hall–Kier alpha value is -1.84. The van der Waals surface area contributed by atoms with Gasteiger partial charge in [0.15, 0.2) is 0 Å². The van der Waals surface area contributed by atoms with E-state index in [1.54, 1.807) is 6.07 Å². The summed E-state index contributed by atoms with van der Waals surface area (Å²) in [6, 6.07) is 5.85. The Bertz CT molecular complexity index is 546. The molecule has 2 amide bonds. The molecule has 0 heterocycles. The van der Waals surface area contributed by atoms with Crippen molar-refractivity contribution in [2.45, 2.75) is 64.8 Å². The molecule has 1 saturated carbocycles. The van der Waals surface area contributed by atoms with E-state index in [-0.39, 0.29) is 24.4 Å². The van der Waals surface area contributed by atoms with E-state index in [0.717, 1.165) is 24.0 Å². The normalized spacial score (nSPS) is 16.3. The Kier molecular flexibility index (Phi) is 6.63. The number of hydrogen-bond acceptors (Lipinski definition) is 2. The monoisotopic (exact) mass is 316 g/mol. The Morgan fingerprint density at radius 3 is 2.30 bits per heavy atom. The highest BCUT2D eigenvalue weighted by atomic mass is 16.2. The molecule has 1 fully saturated rings. The van der Waals surface area contributed by atoms with Crippen molar-refractivity contribution < 1.29 is 9.59 Å². The molecule has 0 saturated heterocycles. The van der Waals surface area contributed by atoms with Gasteiger partial charge in [-0.3, -0.25) is 9.59 Å². The lowest BCUT2D eigenvalue weighted by atomic mass is 9.97. The average Bonchev–Trinajstić information content (AvgIpc) is 2.50. The van der Waals surface area contributed by atoms with Crippen LogP contribution in [0.5, 0.6) is 0 Å². The first kappa shape index (κ1) is 17.5. The van der Waals surface area contributed by atoms with Crippen LogP contribution in [0.2, 0.25) is 0 Å². The molecule has 1 aromatic rings. The molecule has 23 heavy (non-hydrogen) atoms. The van der Waals surface area contributed by atoms with Crippen LogP contribution in [0, 0.1) is 13.8 Å². The zero-order valence-electron chi connectivity index (χ0n) is 14.3. The first-order valence-corrected chi connectivity index (χ1v) is 8.71. The largest absolute Gasteiger partial charge is 0.352 e. The second-order valence-corrected chi connectivity index (χ2v) is 6.59. The Morgan fingerprint density at radius 1 is 1.00 bits per heavy atom. The molecule has 0 radical (unpaired) electrons. The molecule has 0 aliphatic heterocycles. The van der Waals surface area contributed by atoms with Crippen molar-refractivity contribution in [1.29, 1.82) is 0 Å². The second kappa shape index (κ2) is 8.70. The van der Waals surface area contributed by atoms with Crippen molar-refractivity contribution in [1.82, 2.24) is 10.6 Å². The standard InChI is InChI=1S/C19H28N2O2/c1-14-10-11-16(12-15(14)2)19(23)20-13-18(22)21-17-8-6-4-3-5-7-9-17/h10-12,17H,3-9,13H2,1-2H3,(H,20,23)(H,21,22). The van der Waals surface area contributed by atoms with E-state index in [2.05, 4.69) is 10.6 Å². The fourth-order valence-corrected chi connectivity index (χ4v) is 3.02. The van der Waals surface area contributed by atoms with E-state index < -0.39 is 0 Å². The highest BCUT2D eigenvalue weighted by Gasteiger charge is 2.15. The maximum atomic E-state index is 12.1. The van der Waals surface area contributed by atoms with Crippen molar-refractivity contribution in [2.75, 3.05) is 6.54 Å². The zero-order valence-corrected chi connectivity index (χ0v) is 14.3. The van der Waals surface area contributed by atoms with E-state index in [1.165, 1.54) is 32.1 Å². The minimum absolute atomic E-state index is 0.0439. The fourth-order valence-electron chi connectivity index (χ4n) is 3.02. The Balaban J connectivity index is 1.78. The predicted molar refractivity (Wildman–Crippen MR) is 92.5 cm³/mol. The third-order valence-corrected chi connectivity index (χ3v) is 4.65. The summed E-state index contributed by atoms with van der Waals surface area (Å²) in [6.07, 6.45) is 8.30. The average molecular weight is 316 g/mol. The van der Waals surface area contributed by atoms with Crippen molar-refractivity contribution in [3.63, 3.8) is 0 Å². The van der Waals surface area contributed by atoms with Crippen LogP contribution in [0.3, 0.4) is 0 Å². The van der Waals surface area contributed by atoms with Gasteiger partial charge in [0.1, 0.15) is 0 Å². The lowest BCUT2D eigenvalue weighted by Crippen LogP contribution is -2.42. The molecule has 4 nitrogen and oxygen atoms in total. The summed E-state index contributed by atoms with van der Waals surface area (Å²) in [6.45, 7) is 4.04. The van der Waals surface area contributed by atoms with Crippen molar-refractivity contribution in [3.8, 4) is 0 Å². The lowest BCUT2D eigenvalue weighted by Gasteiger charge is -2.21. The highest BCUT2D eigenvalue weighted by Crippen LogP contribution is 2.17. The molecule has 0 unspecified atom stereocenters. The SMILES string of the molecule is Cc1ccc(C(=O)NCC(=O)NC2CCCCCCC2)cc1C. The van der Waals surface area contributed by atoms with Crippen molar-refractivity contribution in [2.24, 2.45) is 0 Å². The van der Waals surface area contributed by atoms with Crippen LogP contribution in [0.4, 0.5) is 0 Å². The predicted octanol–water partition coefficient (Wildman–Crippen LogP) is 3.26. The molecule has 1 aliphatic carbocycles. The third-order valence-electron chi connectivity index (χ3n) is 4.65. The van der Waals surface area contributed by atoms with E-state index in [1.807, 2.05) is 26.0 Å². The number of carbonyl (C=O) groups is 2. The fraction of sp³-hybridized carbons (Fsp3) is 0.579. The summed E-state index contributed by atoms with van der Waals surface area (Å²) in [5.74, 6) is -0.284. The summed E-state index contributed by atoms with van der Waals surface area (Å²) < 4.78 is 0. The molecule has 2 N–H and O–H groups in total. The van der Waals surface area contributed by atoms with Gasteiger partial charge in [-0.1, -0.05) is 38.2 Å². The molecule has 2 rings (SSSR count). The number of carbonyl (C=O) groups excluding carboxylic acids is 2. The van der Waals surface area contributed by atoms with E-state index in [9.17, 15) is 9.59 Å². The number of rotatable bonds is 4. The summed E-state index contributed by atoms with van der Waals surface area (Å²) in [4.78, 5) is 24.2. The molecule has 0 aromatic heterocycles. The number of hydrogen-bond donors (Lipinski definition) is 2. The van der Waals surface area contributed by atoms with Gasteiger partial charge in [0.05, 0.1) is 6.54 Å². The molecular weight excluding hydrogens is 288 g/mol. The van der Waals surface area contributed by atoms with Crippen LogP contribution in [0.25, 0.3) is 0 Å². The minimum Gasteiger partial charge on any atom is -0.352 e. The topological polar surface area (TPSA) is 58.2 Å². The van der Waals surface area contributed by atoms with Crippen molar-refractivity contribution in [3.05, 3.63) is 34.9 Å². The molecule has 1 aliphatic rings. The molecule has 1 aromatic carbocycles. The van der Waals surface area contributed by atoms with Crippen LogP contribution in [-0.2, 0) is 4.79 Å². The maximum Gasteiger partial charge on any atom is 0.251 e. The van der Waals surface area contributed by atoms with Crippen LogP contribution in [0.1, 0.15) is 66.4 Å². The van der Waals surface area contributed by atoms with Gasteiger partial charge < -0.3 is 10.6 Å². The molecule has 126 valence electrons. The minimum atomic E-state index is -0.194. The molecule has 0 bridgehead atoms. The lowest BCUT2D eigenvalue weighted by molar-refractivity contribution is -0.120. The third kappa shape index (κ3) is 5.70. The van der Waals surface area contributed by atoms with Gasteiger partial charge in [-0.05, 0) is 49.9 Å². The summed E-state index contributed by atoms with van der Waals surface area (Å²) in [5, 5.41) is 5.77. The molecule has 0 atom stereocenters. The van der Waals surface area contributed by atoms with Gasteiger partial charge in [0.25, 0.3) is 5.91 Å². The van der Waals surface area contributed by atoms with E-state index >= 15 is 0 Å². The Morgan fingerprint density at radius 2 is 1.65 bits per heavy atom. The van der Waals surface area contributed by atoms with Crippen LogP contribution in [0.15, 0.2) is 18.2 Å². The summed E-state index contributed by atoms with van der Waals surface area (Å²) in [5.41, 5.74) is 2.84. The van der Waals surface area contributed by atoms with Gasteiger partial charge in [-0.2, -0.15) is 0 Å². The molecule has 4 heteroatoms. The summed E-state index contributed by atoms with van der Waals surface area (Å²) >= 11 is 0. The zero-order chi connectivity index (χ0) is 16.7. The quantitative estimate of drug-likeness (QED) is 0.896. The van der Waals surface area contributed by atoms with Crippen molar-refractivity contribution >= 4 is 11.8 Å². The van der Waals surface area contributed by atoms with Crippen LogP contribution < -0.4 is 10.6 Å². The summed E-state index contributed by atoms with van der Waals surface area (Å²) in [7, 11) is 0. The Labute approximate surface area is 139 Å². The van der Waals surface area contributed by atoms with Crippen LogP contribution in [-0.4, -0.2) is 24.4 Å². The number of nitrogens with one attached hydrogen (secondary N) is 2. The number of aryl methyl sites for hydroxylation is 2. The van der Waals surface area contributed by atoms with Gasteiger partial charge >= 0.3 is 0 Å². The highest BCUT2D eigenvalue weighted by molar-refractivity contribution is 5.96. The number of amides is 2. The first-order valence-electron chi connectivity index (χ1n) is 8.71. The second-order valence-electron chi connectivity index (χ2n) is 6.59. The van der Waals surface area contributed by atoms with Gasteiger partial charge in [0, 0.05) is 11.6 Å². The maximum absolute atomic E-state index is 12.1. The van der Waals surface area contributed by atoms with Gasteiger partial charge in [-0.25, -0.2) is 0 Å². The van der Waals surface area contributed by atoms with E-state index in [0.29, 0.717) is 5.56 Å². The van der Waals surface area contributed by atoms with Gasteiger partial charge in [0.2, 0.25) is 5.91 Å². The first-order chi connectivity index (χ1) is 11.1. The smallest absolute Gasteiger partial charge is 0.251 e. The molecule has 0 spiro atoms. The number of benzene rings is 1.